The summed E-state index contributed by atoms with van der Waals surface area (Å²) in [4.78, 5) is 13.3. The highest BCUT2D eigenvalue weighted by Gasteiger charge is 2.14. The summed E-state index contributed by atoms with van der Waals surface area (Å²) in [6, 6.07) is 15.7. The van der Waals surface area contributed by atoms with Gasteiger partial charge in [-0.3, -0.25) is 4.79 Å². The number of hydrogen-bond donors (Lipinski definition) is 2. The normalized spacial score (nSPS) is 14.3. The molecule has 1 aliphatic rings. The van der Waals surface area contributed by atoms with Gasteiger partial charge >= 0.3 is 0 Å². The Bertz CT molecular complexity index is 672. The molecular formula is C19H21NO2S. The Morgan fingerprint density at radius 2 is 1.91 bits per heavy atom. The molecule has 0 spiro atoms. The van der Waals surface area contributed by atoms with Crippen molar-refractivity contribution in [3.63, 3.8) is 0 Å². The topological polar surface area (TPSA) is 49.3 Å². The number of hydrogen-bond acceptors (Lipinski definition) is 3. The molecule has 0 heterocycles. The molecule has 2 aromatic rings. The third kappa shape index (κ3) is 4.15. The summed E-state index contributed by atoms with van der Waals surface area (Å²) >= 11 is 1.55. The number of amides is 1. The van der Waals surface area contributed by atoms with Crippen LogP contribution in [-0.4, -0.2) is 23.4 Å². The third-order valence-corrected chi connectivity index (χ3v) is 5.15. The van der Waals surface area contributed by atoms with E-state index < -0.39 is 0 Å². The van der Waals surface area contributed by atoms with Crippen molar-refractivity contribution in [2.45, 2.75) is 30.2 Å². The van der Waals surface area contributed by atoms with Gasteiger partial charge in [0.15, 0.2) is 0 Å². The molecule has 0 aromatic heterocycles. The Morgan fingerprint density at radius 1 is 1.13 bits per heavy atom. The van der Waals surface area contributed by atoms with Gasteiger partial charge in [-0.1, -0.05) is 36.4 Å². The van der Waals surface area contributed by atoms with Gasteiger partial charge in [-0.05, 0) is 48.1 Å². The zero-order chi connectivity index (χ0) is 16.1. The molecule has 1 atom stereocenters. The molecule has 1 amide bonds. The smallest absolute Gasteiger partial charge is 0.230 e. The average molecular weight is 327 g/mol. The van der Waals surface area contributed by atoms with Gasteiger partial charge in [0.1, 0.15) is 0 Å². The fourth-order valence-electron chi connectivity index (χ4n) is 2.94. The predicted octanol–water partition coefficient (Wildman–Crippen LogP) is 3.12. The second-order valence-electron chi connectivity index (χ2n) is 5.79. The predicted molar refractivity (Wildman–Crippen MR) is 93.6 cm³/mol. The summed E-state index contributed by atoms with van der Waals surface area (Å²) < 4.78 is 0. The van der Waals surface area contributed by atoms with E-state index in [0.717, 1.165) is 16.9 Å². The van der Waals surface area contributed by atoms with Crippen molar-refractivity contribution in [1.82, 2.24) is 5.32 Å². The third-order valence-electron chi connectivity index (χ3n) is 4.16. The standard InChI is InChI=1S/C19H21NO2S/c21-12-18(15-5-2-1-3-6-15)20-19(22)13-23-17-10-9-14-7-4-8-16(14)11-17/h1-3,5-6,9-11,18,21H,4,7-8,12-13H2,(H,20,22). The zero-order valence-corrected chi connectivity index (χ0v) is 13.8. The first-order valence-electron chi connectivity index (χ1n) is 7.96. The lowest BCUT2D eigenvalue weighted by Crippen LogP contribution is -2.32. The summed E-state index contributed by atoms with van der Waals surface area (Å²) in [5.41, 5.74) is 3.79. The summed E-state index contributed by atoms with van der Waals surface area (Å²) in [5, 5.41) is 12.4. The van der Waals surface area contributed by atoms with E-state index in [2.05, 4.69) is 23.5 Å². The second kappa shape index (κ2) is 7.66. The van der Waals surface area contributed by atoms with Crippen molar-refractivity contribution >= 4 is 17.7 Å². The number of thioether (sulfide) groups is 1. The van der Waals surface area contributed by atoms with Crippen LogP contribution in [0.15, 0.2) is 53.4 Å². The van der Waals surface area contributed by atoms with Crippen molar-refractivity contribution in [3.05, 3.63) is 65.2 Å². The van der Waals surface area contributed by atoms with Crippen LogP contribution >= 0.6 is 11.8 Å². The number of aliphatic hydroxyl groups is 1. The first-order valence-corrected chi connectivity index (χ1v) is 8.94. The number of fused-ring (bicyclic) bond motifs is 1. The molecule has 0 fully saturated rings. The Kier molecular flexibility index (Phi) is 5.36. The summed E-state index contributed by atoms with van der Waals surface area (Å²) in [6.45, 7) is -0.0980. The second-order valence-corrected chi connectivity index (χ2v) is 6.83. The maximum atomic E-state index is 12.1. The highest BCUT2D eigenvalue weighted by molar-refractivity contribution is 8.00. The molecule has 23 heavy (non-hydrogen) atoms. The van der Waals surface area contributed by atoms with Crippen LogP contribution in [0.3, 0.4) is 0 Å². The lowest BCUT2D eigenvalue weighted by atomic mass is 10.1. The van der Waals surface area contributed by atoms with Crippen LogP contribution in [0.5, 0.6) is 0 Å². The van der Waals surface area contributed by atoms with Crippen LogP contribution in [0.2, 0.25) is 0 Å². The van der Waals surface area contributed by atoms with Gasteiger partial charge in [0, 0.05) is 4.90 Å². The first-order chi connectivity index (χ1) is 11.3. The molecule has 120 valence electrons. The zero-order valence-electron chi connectivity index (χ0n) is 13.0. The van der Waals surface area contributed by atoms with Crippen LogP contribution in [0.25, 0.3) is 0 Å². The molecule has 0 aliphatic heterocycles. The van der Waals surface area contributed by atoms with Gasteiger partial charge < -0.3 is 10.4 Å². The van der Waals surface area contributed by atoms with E-state index in [1.807, 2.05) is 30.3 Å². The van der Waals surface area contributed by atoms with E-state index in [9.17, 15) is 9.90 Å². The Labute approximate surface area is 141 Å². The van der Waals surface area contributed by atoms with Crippen molar-refractivity contribution in [2.75, 3.05) is 12.4 Å². The Morgan fingerprint density at radius 3 is 2.70 bits per heavy atom. The minimum Gasteiger partial charge on any atom is -0.394 e. The number of carbonyl (C=O) groups is 1. The van der Waals surface area contributed by atoms with Gasteiger partial charge in [-0.15, -0.1) is 11.8 Å². The van der Waals surface area contributed by atoms with Crippen LogP contribution in [0, 0.1) is 0 Å². The lowest BCUT2D eigenvalue weighted by molar-refractivity contribution is -0.119. The van der Waals surface area contributed by atoms with Gasteiger partial charge in [0.2, 0.25) is 5.91 Å². The fraction of sp³-hybridized carbons (Fsp3) is 0.316. The SMILES string of the molecule is O=C(CSc1ccc2c(c1)CCC2)NC(CO)c1ccccc1. The van der Waals surface area contributed by atoms with E-state index in [1.165, 1.54) is 24.0 Å². The van der Waals surface area contributed by atoms with Gasteiger partial charge in [0.25, 0.3) is 0 Å². The van der Waals surface area contributed by atoms with E-state index in [4.69, 9.17) is 0 Å². The van der Waals surface area contributed by atoms with Gasteiger partial charge in [-0.2, -0.15) is 0 Å². The molecular weight excluding hydrogens is 306 g/mol. The highest BCUT2D eigenvalue weighted by Crippen LogP contribution is 2.27. The summed E-state index contributed by atoms with van der Waals surface area (Å²) in [7, 11) is 0. The molecule has 1 aliphatic carbocycles. The van der Waals surface area contributed by atoms with Gasteiger partial charge in [0.05, 0.1) is 18.4 Å². The van der Waals surface area contributed by atoms with E-state index in [-0.39, 0.29) is 18.6 Å². The highest BCUT2D eigenvalue weighted by atomic mass is 32.2. The van der Waals surface area contributed by atoms with Crippen molar-refractivity contribution in [3.8, 4) is 0 Å². The molecule has 0 bridgehead atoms. The molecule has 0 saturated heterocycles. The number of aliphatic hydroxyl groups excluding tert-OH is 1. The Balaban J connectivity index is 1.55. The van der Waals surface area contributed by atoms with Crippen LogP contribution in [-0.2, 0) is 17.6 Å². The van der Waals surface area contributed by atoms with Crippen molar-refractivity contribution in [1.29, 1.82) is 0 Å². The average Bonchev–Trinajstić information content (AvgIpc) is 3.06. The van der Waals surface area contributed by atoms with Gasteiger partial charge in [-0.25, -0.2) is 0 Å². The van der Waals surface area contributed by atoms with E-state index in [1.54, 1.807) is 11.8 Å². The molecule has 2 aromatic carbocycles. The molecule has 2 N–H and O–H groups in total. The first kappa shape index (κ1) is 16.1. The number of aryl methyl sites for hydroxylation is 2. The molecule has 0 radical (unpaired) electrons. The lowest BCUT2D eigenvalue weighted by Gasteiger charge is -2.16. The maximum absolute atomic E-state index is 12.1. The van der Waals surface area contributed by atoms with E-state index in [0.29, 0.717) is 5.75 Å². The number of rotatable bonds is 6. The molecule has 4 heteroatoms. The van der Waals surface area contributed by atoms with E-state index >= 15 is 0 Å². The minimum absolute atomic E-state index is 0.0570. The van der Waals surface area contributed by atoms with Crippen LogP contribution in [0.4, 0.5) is 0 Å². The summed E-state index contributed by atoms with van der Waals surface area (Å²) in [6.07, 6.45) is 3.56. The molecule has 0 saturated carbocycles. The molecule has 3 rings (SSSR count). The maximum Gasteiger partial charge on any atom is 0.230 e. The largest absolute Gasteiger partial charge is 0.394 e. The molecule has 1 unspecified atom stereocenters. The van der Waals surface area contributed by atoms with Crippen molar-refractivity contribution in [2.24, 2.45) is 0 Å². The van der Waals surface area contributed by atoms with Crippen LogP contribution in [0.1, 0.15) is 29.2 Å². The Hall–Kier alpha value is -1.78. The molecule has 3 nitrogen and oxygen atoms in total. The summed E-state index contributed by atoms with van der Waals surface area (Å²) in [5.74, 6) is 0.306. The van der Waals surface area contributed by atoms with Crippen LogP contribution < -0.4 is 5.32 Å². The number of nitrogens with one attached hydrogen (secondary N) is 1. The number of benzene rings is 2. The number of carbonyl (C=O) groups excluding carboxylic acids is 1. The minimum atomic E-state index is -0.343. The quantitative estimate of drug-likeness (QED) is 0.802. The monoisotopic (exact) mass is 327 g/mol. The fourth-order valence-corrected chi connectivity index (χ4v) is 3.71. The van der Waals surface area contributed by atoms with Crippen molar-refractivity contribution < 1.29 is 9.90 Å².